The van der Waals surface area contributed by atoms with Gasteiger partial charge in [-0.15, -0.1) is 0 Å². The number of hydrogen-bond acceptors (Lipinski definition) is 2. The van der Waals surface area contributed by atoms with Crippen LogP contribution in [0.4, 0.5) is 5.69 Å². The van der Waals surface area contributed by atoms with Crippen LogP contribution in [-0.4, -0.2) is 12.5 Å². The van der Waals surface area contributed by atoms with Crippen LogP contribution in [0.2, 0.25) is 0 Å². The molecule has 0 aliphatic rings. The maximum Gasteiger partial charge on any atom is 0.262 e. The summed E-state index contributed by atoms with van der Waals surface area (Å²) in [6.45, 7) is 4.24. The number of carbonyl (C=O) groups is 1. The monoisotopic (exact) mass is 347 g/mol. The maximum atomic E-state index is 11.9. The van der Waals surface area contributed by atoms with Crippen molar-refractivity contribution in [2.24, 2.45) is 0 Å². The van der Waals surface area contributed by atoms with Gasteiger partial charge in [0.05, 0.1) is 5.69 Å². The lowest BCUT2D eigenvalue weighted by Crippen LogP contribution is -2.20. The largest absolute Gasteiger partial charge is 0.484 e. The molecule has 1 amide bonds. The quantitative estimate of drug-likeness (QED) is 0.858. The fourth-order valence-corrected chi connectivity index (χ4v) is 2.25. The van der Waals surface area contributed by atoms with Crippen molar-refractivity contribution in [3.8, 4) is 5.75 Å². The molecule has 0 heterocycles. The Morgan fingerprint density at radius 3 is 2.67 bits per heavy atom. The van der Waals surface area contributed by atoms with E-state index in [1.165, 1.54) is 5.56 Å². The molecule has 21 heavy (non-hydrogen) atoms. The predicted molar refractivity (Wildman–Crippen MR) is 88.8 cm³/mol. The van der Waals surface area contributed by atoms with E-state index in [0.29, 0.717) is 11.7 Å². The zero-order valence-corrected chi connectivity index (χ0v) is 13.7. The highest BCUT2D eigenvalue weighted by atomic mass is 79.9. The van der Waals surface area contributed by atoms with Crippen LogP contribution < -0.4 is 10.1 Å². The Balaban J connectivity index is 1.92. The number of anilines is 1. The van der Waals surface area contributed by atoms with E-state index in [2.05, 4.69) is 41.2 Å². The van der Waals surface area contributed by atoms with Gasteiger partial charge in [0.25, 0.3) is 5.91 Å². The van der Waals surface area contributed by atoms with E-state index in [4.69, 9.17) is 4.74 Å². The van der Waals surface area contributed by atoms with Crippen LogP contribution >= 0.6 is 15.9 Å². The molecule has 0 bridgehead atoms. The Kier molecular flexibility index (Phi) is 5.39. The van der Waals surface area contributed by atoms with Crippen molar-refractivity contribution in [2.45, 2.75) is 19.8 Å². The van der Waals surface area contributed by atoms with E-state index in [9.17, 15) is 4.79 Å². The van der Waals surface area contributed by atoms with Gasteiger partial charge in [-0.25, -0.2) is 0 Å². The van der Waals surface area contributed by atoms with Crippen LogP contribution in [0.5, 0.6) is 5.75 Å². The maximum absolute atomic E-state index is 11.9. The molecule has 0 aromatic heterocycles. The molecule has 2 aromatic carbocycles. The van der Waals surface area contributed by atoms with Gasteiger partial charge in [0.15, 0.2) is 6.61 Å². The second kappa shape index (κ2) is 7.27. The van der Waals surface area contributed by atoms with Gasteiger partial charge in [0, 0.05) is 4.47 Å². The predicted octanol–water partition coefficient (Wildman–Crippen LogP) is 4.59. The lowest BCUT2D eigenvalue weighted by molar-refractivity contribution is -0.118. The third kappa shape index (κ3) is 4.60. The number of carbonyl (C=O) groups excluding carboxylic acids is 1. The summed E-state index contributed by atoms with van der Waals surface area (Å²) in [6.07, 6.45) is 0. The molecule has 0 saturated heterocycles. The Morgan fingerprint density at radius 1 is 1.19 bits per heavy atom. The first kappa shape index (κ1) is 15.6. The molecule has 4 heteroatoms. The minimum Gasteiger partial charge on any atom is -0.484 e. The molecule has 2 aromatic rings. The molecule has 0 radical (unpaired) electrons. The molecule has 110 valence electrons. The molecule has 0 fully saturated rings. The summed E-state index contributed by atoms with van der Waals surface area (Å²) in [5, 5.41) is 2.81. The lowest BCUT2D eigenvalue weighted by Gasteiger charge is -2.11. The van der Waals surface area contributed by atoms with Gasteiger partial charge in [-0.05, 0) is 51.7 Å². The Bertz CT molecular complexity index is 626. The summed E-state index contributed by atoms with van der Waals surface area (Å²) in [5.41, 5.74) is 1.93. The minimum absolute atomic E-state index is 0.0110. The van der Waals surface area contributed by atoms with Gasteiger partial charge in [-0.2, -0.15) is 0 Å². The zero-order chi connectivity index (χ0) is 15.2. The second-order valence-electron chi connectivity index (χ2n) is 5.04. The van der Waals surface area contributed by atoms with Crippen LogP contribution in [0.3, 0.4) is 0 Å². The van der Waals surface area contributed by atoms with E-state index in [-0.39, 0.29) is 12.5 Å². The lowest BCUT2D eigenvalue weighted by atomic mass is 10.0. The third-order valence-electron chi connectivity index (χ3n) is 3.04. The molecular formula is C17H18BrNO2. The highest BCUT2D eigenvalue weighted by molar-refractivity contribution is 9.10. The van der Waals surface area contributed by atoms with Gasteiger partial charge in [0.1, 0.15) is 5.75 Å². The summed E-state index contributed by atoms with van der Waals surface area (Å²) < 4.78 is 6.39. The van der Waals surface area contributed by atoms with Crippen molar-refractivity contribution < 1.29 is 9.53 Å². The molecule has 0 aliphatic carbocycles. The van der Waals surface area contributed by atoms with E-state index < -0.39 is 0 Å². The van der Waals surface area contributed by atoms with E-state index >= 15 is 0 Å². The first-order chi connectivity index (χ1) is 10.1. The Morgan fingerprint density at radius 2 is 1.95 bits per heavy atom. The number of para-hydroxylation sites is 1. The van der Waals surface area contributed by atoms with Crippen molar-refractivity contribution in [2.75, 3.05) is 11.9 Å². The van der Waals surface area contributed by atoms with E-state index in [1.807, 2.05) is 42.5 Å². The molecule has 0 atom stereocenters. The van der Waals surface area contributed by atoms with Gasteiger partial charge in [-0.3, -0.25) is 4.79 Å². The fraction of sp³-hybridized carbons (Fsp3) is 0.235. The van der Waals surface area contributed by atoms with Gasteiger partial charge >= 0.3 is 0 Å². The molecule has 0 aliphatic heterocycles. The van der Waals surface area contributed by atoms with Crippen molar-refractivity contribution in [3.05, 3.63) is 58.6 Å². The van der Waals surface area contributed by atoms with E-state index in [1.54, 1.807) is 0 Å². The fourth-order valence-electron chi connectivity index (χ4n) is 1.86. The smallest absolute Gasteiger partial charge is 0.262 e. The highest BCUT2D eigenvalue weighted by Gasteiger charge is 2.07. The average Bonchev–Trinajstić information content (AvgIpc) is 2.48. The second-order valence-corrected chi connectivity index (χ2v) is 5.90. The Hall–Kier alpha value is -1.81. The van der Waals surface area contributed by atoms with Gasteiger partial charge in [-0.1, -0.05) is 38.1 Å². The number of ether oxygens (including phenoxy) is 1. The number of benzene rings is 2. The van der Waals surface area contributed by atoms with E-state index in [0.717, 1.165) is 10.2 Å². The van der Waals surface area contributed by atoms with Gasteiger partial charge < -0.3 is 10.1 Å². The summed E-state index contributed by atoms with van der Waals surface area (Å²) in [4.78, 5) is 11.9. The molecule has 0 saturated carbocycles. The van der Waals surface area contributed by atoms with Gasteiger partial charge in [0.2, 0.25) is 0 Å². The van der Waals surface area contributed by atoms with Crippen LogP contribution in [0.15, 0.2) is 53.0 Å². The highest BCUT2D eigenvalue weighted by Crippen LogP contribution is 2.22. The van der Waals surface area contributed by atoms with Crippen LogP contribution in [0.25, 0.3) is 0 Å². The molecule has 3 nitrogen and oxygen atoms in total. The first-order valence-corrected chi connectivity index (χ1v) is 7.62. The van der Waals surface area contributed by atoms with Crippen molar-refractivity contribution in [1.29, 1.82) is 0 Å². The number of nitrogens with one attached hydrogen (secondary N) is 1. The molecule has 0 unspecified atom stereocenters. The average molecular weight is 348 g/mol. The van der Waals surface area contributed by atoms with Crippen molar-refractivity contribution in [1.82, 2.24) is 0 Å². The molecule has 2 rings (SSSR count). The SMILES string of the molecule is CC(C)c1cccc(OCC(=O)Nc2ccccc2Br)c1. The topological polar surface area (TPSA) is 38.3 Å². The summed E-state index contributed by atoms with van der Waals surface area (Å²) in [5.74, 6) is 0.961. The molecular weight excluding hydrogens is 330 g/mol. The number of halogens is 1. The molecule has 1 N–H and O–H groups in total. The van der Waals surface area contributed by atoms with Crippen molar-refractivity contribution in [3.63, 3.8) is 0 Å². The summed E-state index contributed by atoms with van der Waals surface area (Å²) >= 11 is 3.39. The van der Waals surface area contributed by atoms with Crippen LogP contribution in [0.1, 0.15) is 25.3 Å². The third-order valence-corrected chi connectivity index (χ3v) is 3.73. The molecule has 0 spiro atoms. The van der Waals surface area contributed by atoms with Crippen LogP contribution in [0, 0.1) is 0 Å². The number of amides is 1. The first-order valence-electron chi connectivity index (χ1n) is 6.83. The normalized spacial score (nSPS) is 10.5. The summed E-state index contributed by atoms with van der Waals surface area (Å²) in [6, 6.07) is 15.3. The standard InChI is InChI=1S/C17H18BrNO2/c1-12(2)13-6-5-7-14(10-13)21-11-17(20)19-16-9-4-3-8-15(16)18/h3-10,12H,11H2,1-2H3,(H,19,20). The summed E-state index contributed by atoms with van der Waals surface area (Å²) in [7, 11) is 0. The number of hydrogen-bond donors (Lipinski definition) is 1. The minimum atomic E-state index is -0.183. The zero-order valence-electron chi connectivity index (χ0n) is 12.1. The van der Waals surface area contributed by atoms with Crippen LogP contribution in [-0.2, 0) is 4.79 Å². The number of rotatable bonds is 5. The van der Waals surface area contributed by atoms with Crippen molar-refractivity contribution >= 4 is 27.5 Å². The Labute approximate surface area is 133 Å².